The molecule has 1 heterocycles. The van der Waals surface area contributed by atoms with Crippen LogP contribution in [0.2, 0.25) is 0 Å². The predicted molar refractivity (Wildman–Crippen MR) is 61.5 cm³/mol. The zero-order valence-corrected chi connectivity index (χ0v) is 11.0. The van der Waals surface area contributed by atoms with Crippen molar-refractivity contribution in [3.8, 4) is 0 Å². The lowest BCUT2D eigenvalue weighted by Crippen LogP contribution is -2.58. The van der Waals surface area contributed by atoms with Crippen LogP contribution in [-0.2, 0) is 13.3 Å². The van der Waals surface area contributed by atoms with Crippen molar-refractivity contribution in [3.63, 3.8) is 0 Å². The molecule has 1 unspecified atom stereocenters. The van der Waals surface area contributed by atoms with Crippen molar-refractivity contribution < 1.29 is 13.3 Å². The Labute approximate surface area is 92.9 Å². The standard InChI is InChI=1S/C9H20O3SSi/c1-4-9(13)14(10-5-2)11-6-8(3)7-12-14/h8-9,13H,4-7H2,1-3H3. The van der Waals surface area contributed by atoms with Crippen LogP contribution in [0.15, 0.2) is 0 Å². The van der Waals surface area contributed by atoms with Crippen molar-refractivity contribution in [3.05, 3.63) is 0 Å². The highest BCUT2D eigenvalue weighted by atomic mass is 32.1. The molecule has 1 rings (SSSR count). The van der Waals surface area contributed by atoms with E-state index in [1.54, 1.807) is 0 Å². The Morgan fingerprint density at radius 1 is 1.43 bits per heavy atom. The first kappa shape index (κ1) is 12.5. The average Bonchev–Trinajstić information content (AvgIpc) is 2.21. The van der Waals surface area contributed by atoms with E-state index in [1.165, 1.54) is 0 Å². The minimum atomic E-state index is -2.46. The van der Waals surface area contributed by atoms with Crippen LogP contribution in [0, 0.1) is 5.92 Å². The fraction of sp³-hybridized carbons (Fsp3) is 1.00. The molecule has 5 heteroatoms. The summed E-state index contributed by atoms with van der Waals surface area (Å²) in [4.78, 5) is 0.106. The van der Waals surface area contributed by atoms with Crippen LogP contribution in [0.1, 0.15) is 27.2 Å². The predicted octanol–water partition coefficient (Wildman–Crippen LogP) is 1.89. The summed E-state index contributed by atoms with van der Waals surface area (Å²) in [6, 6.07) is 0. The van der Waals surface area contributed by atoms with Gasteiger partial charge in [0.1, 0.15) is 0 Å². The van der Waals surface area contributed by atoms with E-state index in [4.69, 9.17) is 13.3 Å². The lowest BCUT2D eigenvalue weighted by Gasteiger charge is -2.38. The molecule has 0 bridgehead atoms. The van der Waals surface area contributed by atoms with Gasteiger partial charge in [-0.3, -0.25) is 0 Å². The Hall–Kier alpha value is 0.447. The van der Waals surface area contributed by atoms with Gasteiger partial charge in [0.2, 0.25) is 0 Å². The van der Waals surface area contributed by atoms with Gasteiger partial charge in [0.15, 0.2) is 0 Å². The highest BCUT2D eigenvalue weighted by Crippen LogP contribution is 2.26. The third kappa shape index (κ3) is 2.73. The van der Waals surface area contributed by atoms with Crippen molar-refractivity contribution in [2.45, 2.75) is 32.1 Å². The Morgan fingerprint density at radius 3 is 2.43 bits per heavy atom. The molecule has 1 fully saturated rings. The fourth-order valence-corrected chi connectivity index (χ4v) is 4.86. The van der Waals surface area contributed by atoms with Crippen LogP contribution in [0.4, 0.5) is 0 Å². The Morgan fingerprint density at radius 2 is 2.00 bits per heavy atom. The minimum absolute atomic E-state index is 0.106. The van der Waals surface area contributed by atoms with E-state index in [2.05, 4.69) is 26.5 Å². The van der Waals surface area contributed by atoms with Gasteiger partial charge >= 0.3 is 8.80 Å². The maximum Gasteiger partial charge on any atom is 0.514 e. The molecule has 0 aliphatic carbocycles. The van der Waals surface area contributed by atoms with Gasteiger partial charge in [-0.05, 0) is 13.3 Å². The molecule has 0 aromatic carbocycles. The largest absolute Gasteiger partial charge is 0.514 e. The highest BCUT2D eigenvalue weighted by molar-refractivity contribution is 7.83. The van der Waals surface area contributed by atoms with Gasteiger partial charge in [0.25, 0.3) is 0 Å². The second-order valence-corrected chi connectivity index (χ2v) is 7.57. The van der Waals surface area contributed by atoms with Crippen molar-refractivity contribution in [1.29, 1.82) is 0 Å². The van der Waals surface area contributed by atoms with E-state index < -0.39 is 8.80 Å². The second kappa shape index (κ2) is 5.51. The summed E-state index contributed by atoms with van der Waals surface area (Å²) in [6.45, 7) is 8.28. The Bertz CT molecular complexity index is 171. The molecule has 0 aromatic rings. The maximum atomic E-state index is 5.79. The first-order valence-corrected chi connectivity index (χ1v) is 7.56. The van der Waals surface area contributed by atoms with Gasteiger partial charge < -0.3 is 13.3 Å². The van der Waals surface area contributed by atoms with Crippen molar-refractivity contribution in [1.82, 2.24) is 0 Å². The molecule has 0 amide bonds. The van der Waals surface area contributed by atoms with Gasteiger partial charge in [-0.15, -0.1) is 0 Å². The summed E-state index contributed by atoms with van der Waals surface area (Å²) in [5.74, 6) is 0.466. The topological polar surface area (TPSA) is 27.7 Å². The van der Waals surface area contributed by atoms with Crippen molar-refractivity contribution >= 4 is 21.4 Å². The third-order valence-electron chi connectivity index (χ3n) is 2.28. The normalized spacial score (nSPS) is 35.6. The molecule has 1 aliphatic rings. The van der Waals surface area contributed by atoms with E-state index in [1.807, 2.05) is 6.92 Å². The van der Waals surface area contributed by atoms with Gasteiger partial charge in [-0.1, -0.05) is 13.8 Å². The molecule has 1 aliphatic heterocycles. The quantitative estimate of drug-likeness (QED) is 0.597. The fourth-order valence-electron chi connectivity index (χ4n) is 1.43. The van der Waals surface area contributed by atoms with Crippen LogP contribution >= 0.6 is 12.6 Å². The van der Waals surface area contributed by atoms with E-state index in [0.717, 1.165) is 19.6 Å². The molecule has 0 aromatic heterocycles. The first-order chi connectivity index (χ1) is 6.64. The Balaban J connectivity index is 2.62. The second-order valence-electron chi connectivity index (χ2n) is 3.69. The van der Waals surface area contributed by atoms with Gasteiger partial charge in [-0.25, -0.2) is 0 Å². The molecule has 0 saturated carbocycles. The van der Waals surface area contributed by atoms with Crippen molar-refractivity contribution in [2.24, 2.45) is 5.92 Å². The van der Waals surface area contributed by atoms with Crippen LogP contribution in [-0.4, -0.2) is 33.5 Å². The van der Waals surface area contributed by atoms with E-state index in [-0.39, 0.29) is 4.87 Å². The third-order valence-corrected chi connectivity index (χ3v) is 6.65. The first-order valence-electron chi connectivity index (χ1n) is 5.24. The van der Waals surface area contributed by atoms with Crippen LogP contribution < -0.4 is 0 Å². The molecular formula is C9H20O3SSi. The summed E-state index contributed by atoms with van der Waals surface area (Å²) in [5.41, 5.74) is 0. The smallest absolute Gasteiger partial charge is 0.373 e. The van der Waals surface area contributed by atoms with Crippen molar-refractivity contribution in [2.75, 3.05) is 19.8 Å². The molecular weight excluding hydrogens is 216 g/mol. The molecule has 0 spiro atoms. The summed E-state index contributed by atoms with van der Waals surface area (Å²) in [6.07, 6.45) is 0.920. The van der Waals surface area contributed by atoms with Crippen LogP contribution in [0.3, 0.4) is 0 Å². The monoisotopic (exact) mass is 236 g/mol. The Kier molecular flexibility index (Phi) is 4.92. The lowest BCUT2D eigenvalue weighted by atomic mass is 10.2. The summed E-state index contributed by atoms with van der Waals surface area (Å²) >= 11 is 4.51. The summed E-state index contributed by atoms with van der Waals surface area (Å²) in [5, 5.41) is 0. The zero-order valence-electron chi connectivity index (χ0n) is 9.16. The number of hydrogen-bond donors (Lipinski definition) is 1. The molecule has 3 nitrogen and oxygen atoms in total. The highest BCUT2D eigenvalue weighted by Gasteiger charge is 2.49. The van der Waals surface area contributed by atoms with Gasteiger partial charge in [-0.2, -0.15) is 12.6 Å². The zero-order chi connectivity index (χ0) is 10.6. The SMILES string of the molecule is CCO[Si]1(C(S)CC)OCC(C)CO1. The number of rotatable bonds is 4. The van der Waals surface area contributed by atoms with E-state index in [0.29, 0.717) is 12.5 Å². The van der Waals surface area contributed by atoms with Crippen LogP contribution in [0.25, 0.3) is 0 Å². The molecule has 84 valence electrons. The summed E-state index contributed by atoms with van der Waals surface area (Å²) in [7, 11) is -2.46. The average molecular weight is 236 g/mol. The van der Waals surface area contributed by atoms with Gasteiger partial charge in [0, 0.05) is 25.7 Å². The number of hydrogen-bond acceptors (Lipinski definition) is 4. The lowest BCUT2D eigenvalue weighted by molar-refractivity contribution is -0.00394. The molecule has 1 atom stereocenters. The summed E-state index contributed by atoms with van der Waals surface area (Å²) < 4.78 is 17.3. The molecule has 0 N–H and O–H groups in total. The molecule has 0 radical (unpaired) electrons. The molecule has 1 saturated heterocycles. The van der Waals surface area contributed by atoms with Gasteiger partial charge in [0.05, 0.1) is 4.87 Å². The minimum Gasteiger partial charge on any atom is -0.373 e. The number of thiol groups is 1. The molecule has 14 heavy (non-hydrogen) atoms. The van der Waals surface area contributed by atoms with E-state index in [9.17, 15) is 0 Å². The van der Waals surface area contributed by atoms with E-state index >= 15 is 0 Å². The van der Waals surface area contributed by atoms with Crippen LogP contribution in [0.5, 0.6) is 0 Å². The maximum absolute atomic E-state index is 5.79.